The van der Waals surface area contributed by atoms with Crippen molar-refractivity contribution in [2.24, 2.45) is 0 Å². The minimum atomic E-state index is -3.45. The first-order valence-electron chi connectivity index (χ1n) is 9.98. The second-order valence-electron chi connectivity index (χ2n) is 7.73. The first-order chi connectivity index (χ1) is 14.8. The third-order valence-corrected chi connectivity index (χ3v) is 7.46. The fourth-order valence-electron chi connectivity index (χ4n) is 4.90. The van der Waals surface area contributed by atoms with Crippen LogP contribution in [0.3, 0.4) is 0 Å². The second kappa shape index (κ2) is 7.80. The number of sulfonamides is 1. The third-order valence-electron chi connectivity index (χ3n) is 6.17. The van der Waals surface area contributed by atoms with Crippen LogP contribution >= 0.6 is 0 Å². The van der Waals surface area contributed by atoms with Crippen molar-refractivity contribution in [3.8, 4) is 39.9 Å². The van der Waals surface area contributed by atoms with Crippen LogP contribution in [0.4, 0.5) is 0 Å². The van der Waals surface area contributed by atoms with Gasteiger partial charge in [-0.25, -0.2) is 8.42 Å². The number of fused-ring (bicyclic) bond motifs is 2. The molecule has 8 nitrogen and oxygen atoms in total. The average molecular weight is 450 g/mol. The molecule has 0 aromatic heterocycles. The molecular weight excluding hydrogens is 422 g/mol. The number of aromatic hydroxyl groups is 1. The summed E-state index contributed by atoms with van der Waals surface area (Å²) < 4.78 is 49.0. The molecule has 2 aliphatic rings. The van der Waals surface area contributed by atoms with Crippen molar-refractivity contribution in [2.75, 3.05) is 41.2 Å². The normalized spacial score (nSPS) is 17.9. The summed E-state index contributed by atoms with van der Waals surface area (Å²) in [6.45, 7) is 0.379. The van der Waals surface area contributed by atoms with E-state index in [0.29, 0.717) is 59.9 Å². The SMILES string of the molecule is COc1cc2c3c(c1O)-c1c(cc(OC)c(OC)c1OC)CC[C@@H]3N(S(C)(=O)=O)CC2. The van der Waals surface area contributed by atoms with E-state index in [4.69, 9.17) is 18.9 Å². The van der Waals surface area contributed by atoms with Crippen LogP contribution in [0.1, 0.15) is 29.2 Å². The minimum Gasteiger partial charge on any atom is -0.504 e. The maximum Gasteiger partial charge on any atom is 0.211 e. The van der Waals surface area contributed by atoms with E-state index in [1.165, 1.54) is 31.9 Å². The Kier molecular flexibility index (Phi) is 5.43. The molecule has 1 aliphatic carbocycles. The third kappa shape index (κ3) is 3.27. The lowest BCUT2D eigenvalue weighted by molar-refractivity contribution is 0.295. The standard InChI is InChI=1S/C22H27NO7S/c1-27-15-10-13-8-9-23(31(5,25)26)14-7-6-12-11-16(28-2)21(29-3)22(30-4)18(12)19(17(13)14)20(15)24/h10-11,14,24H,6-9H2,1-5H3/t14-/m0/s1. The van der Waals surface area contributed by atoms with E-state index >= 15 is 0 Å². The molecule has 1 heterocycles. The van der Waals surface area contributed by atoms with Gasteiger partial charge in [-0.1, -0.05) is 0 Å². The summed E-state index contributed by atoms with van der Waals surface area (Å²) in [5, 5.41) is 11.2. The van der Waals surface area contributed by atoms with Gasteiger partial charge in [-0.2, -0.15) is 4.31 Å². The molecule has 1 atom stereocenters. The first-order valence-corrected chi connectivity index (χ1v) is 11.8. The number of hydrogen-bond donors (Lipinski definition) is 1. The van der Waals surface area contributed by atoms with Crippen molar-refractivity contribution in [2.45, 2.75) is 25.3 Å². The highest BCUT2D eigenvalue weighted by molar-refractivity contribution is 7.88. The Labute approximate surface area is 182 Å². The number of hydrogen-bond acceptors (Lipinski definition) is 7. The van der Waals surface area contributed by atoms with Crippen LogP contribution in [0, 0.1) is 0 Å². The summed E-state index contributed by atoms with van der Waals surface area (Å²) in [5.41, 5.74) is 3.82. The molecule has 0 saturated heterocycles. The van der Waals surface area contributed by atoms with Gasteiger partial charge in [0.25, 0.3) is 0 Å². The van der Waals surface area contributed by atoms with Gasteiger partial charge in [-0.15, -0.1) is 0 Å². The predicted octanol–water partition coefficient (Wildman–Crippen LogP) is 2.90. The molecule has 168 valence electrons. The summed E-state index contributed by atoms with van der Waals surface area (Å²) in [6, 6.07) is 3.27. The van der Waals surface area contributed by atoms with Gasteiger partial charge in [0, 0.05) is 17.7 Å². The van der Waals surface area contributed by atoms with Gasteiger partial charge in [0.1, 0.15) is 0 Å². The van der Waals surface area contributed by atoms with Gasteiger partial charge in [0.2, 0.25) is 15.8 Å². The number of phenols is 1. The van der Waals surface area contributed by atoms with Crippen molar-refractivity contribution in [1.82, 2.24) is 4.31 Å². The van der Waals surface area contributed by atoms with Crippen LogP contribution in [0.5, 0.6) is 28.7 Å². The summed E-state index contributed by atoms with van der Waals surface area (Å²) in [7, 11) is 2.67. The Morgan fingerprint density at radius 3 is 2.13 bits per heavy atom. The van der Waals surface area contributed by atoms with E-state index in [1.807, 2.05) is 6.07 Å². The predicted molar refractivity (Wildman–Crippen MR) is 116 cm³/mol. The van der Waals surface area contributed by atoms with Crippen molar-refractivity contribution in [3.63, 3.8) is 0 Å². The van der Waals surface area contributed by atoms with Gasteiger partial charge < -0.3 is 24.1 Å². The quantitative estimate of drug-likeness (QED) is 0.750. The van der Waals surface area contributed by atoms with E-state index in [0.717, 1.165) is 16.7 Å². The molecule has 0 spiro atoms. The lowest BCUT2D eigenvalue weighted by Gasteiger charge is -2.36. The molecule has 2 aromatic carbocycles. The Balaban J connectivity index is 2.13. The smallest absolute Gasteiger partial charge is 0.211 e. The number of rotatable bonds is 5. The Hall–Kier alpha value is -2.65. The fourth-order valence-corrected chi connectivity index (χ4v) is 5.99. The molecular formula is C22H27NO7S. The number of aryl methyl sites for hydroxylation is 1. The van der Waals surface area contributed by atoms with Crippen LogP contribution < -0.4 is 18.9 Å². The lowest BCUT2D eigenvalue weighted by atomic mass is 9.86. The van der Waals surface area contributed by atoms with E-state index in [-0.39, 0.29) is 5.75 Å². The Bertz CT molecular complexity index is 1140. The molecule has 0 unspecified atom stereocenters. The van der Waals surface area contributed by atoms with E-state index in [1.54, 1.807) is 13.2 Å². The molecule has 0 bridgehead atoms. The zero-order chi connectivity index (χ0) is 22.5. The van der Waals surface area contributed by atoms with Crippen molar-refractivity contribution >= 4 is 10.0 Å². The first kappa shape index (κ1) is 21.6. The average Bonchev–Trinajstić information content (AvgIpc) is 2.91. The summed E-state index contributed by atoms with van der Waals surface area (Å²) in [4.78, 5) is 0. The van der Waals surface area contributed by atoms with Crippen LogP contribution in [0.2, 0.25) is 0 Å². The Morgan fingerprint density at radius 1 is 0.903 bits per heavy atom. The van der Waals surface area contributed by atoms with Gasteiger partial charge in [0.05, 0.1) is 40.7 Å². The zero-order valence-corrected chi connectivity index (χ0v) is 19.1. The molecule has 1 aliphatic heterocycles. The topological polar surface area (TPSA) is 94.5 Å². The maximum atomic E-state index is 12.6. The molecule has 4 rings (SSSR count). The summed E-state index contributed by atoms with van der Waals surface area (Å²) in [6.07, 6.45) is 2.88. The van der Waals surface area contributed by atoms with Gasteiger partial charge in [-0.05, 0) is 48.1 Å². The van der Waals surface area contributed by atoms with Crippen LogP contribution in [-0.2, 0) is 22.9 Å². The fraction of sp³-hybridized carbons (Fsp3) is 0.455. The van der Waals surface area contributed by atoms with Crippen LogP contribution in [0.25, 0.3) is 11.1 Å². The zero-order valence-electron chi connectivity index (χ0n) is 18.3. The van der Waals surface area contributed by atoms with E-state index in [9.17, 15) is 13.5 Å². The van der Waals surface area contributed by atoms with Gasteiger partial charge >= 0.3 is 0 Å². The number of ether oxygens (including phenoxy) is 4. The van der Waals surface area contributed by atoms with Gasteiger partial charge in [-0.3, -0.25) is 0 Å². The molecule has 31 heavy (non-hydrogen) atoms. The lowest BCUT2D eigenvalue weighted by Crippen LogP contribution is -2.39. The molecule has 2 aromatic rings. The summed E-state index contributed by atoms with van der Waals surface area (Å²) >= 11 is 0. The van der Waals surface area contributed by atoms with E-state index in [2.05, 4.69) is 0 Å². The van der Waals surface area contributed by atoms with Crippen LogP contribution in [0.15, 0.2) is 12.1 Å². The number of nitrogens with zero attached hydrogens (tertiary/aromatic N) is 1. The second-order valence-corrected chi connectivity index (χ2v) is 9.67. The Morgan fingerprint density at radius 2 is 1.55 bits per heavy atom. The molecule has 1 N–H and O–H groups in total. The summed E-state index contributed by atoms with van der Waals surface area (Å²) in [5.74, 6) is 1.64. The van der Waals surface area contributed by atoms with Crippen molar-refractivity contribution < 1.29 is 32.5 Å². The van der Waals surface area contributed by atoms with Crippen molar-refractivity contribution in [3.05, 3.63) is 28.8 Å². The highest BCUT2D eigenvalue weighted by Crippen LogP contribution is 2.57. The number of phenolic OH excluding ortho intramolecular Hbond substituents is 1. The number of methoxy groups -OCH3 is 4. The highest BCUT2D eigenvalue weighted by Gasteiger charge is 2.40. The molecule has 0 fully saturated rings. The van der Waals surface area contributed by atoms with Crippen molar-refractivity contribution in [1.29, 1.82) is 0 Å². The number of benzene rings is 2. The van der Waals surface area contributed by atoms with Gasteiger partial charge in [0.15, 0.2) is 23.0 Å². The monoisotopic (exact) mass is 449 g/mol. The molecule has 0 saturated carbocycles. The molecule has 0 amide bonds. The van der Waals surface area contributed by atoms with E-state index < -0.39 is 16.1 Å². The maximum absolute atomic E-state index is 12.6. The molecule has 0 radical (unpaired) electrons. The van der Waals surface area contributed by atoms with Crippen LogP contribution in [-0.4, -0.2) is 59.1 Å². The molecule has 9 heteroatoms. The highest BCUT2D eigenvalue weighted by atomic mass is 32.2. The minimum absolute atomic E-state index is 0.0460. The largest absolute Gasteiger partial charge is 0.504 e.